The second-order valence-electron chi connectivity index (χ2n) is 11.9. The van der Waals surface area contributed by atoms with Crippen LogP contribution < -0.4 is 21.5 Å². The van der Waals surface area contributed by atoms with Gasteiger partial charge in [0.1, 0.15) is 8.24 Å². The van der Waals surface area contributed by atoms with Gasteiger partial charge in [-0.3, -0.25) is 18.5 Å². The molecule has 1 saturated carbocycles. The molecular weight excluding hydrogens is 480 g/mol. The van der Waals surface area contributed by atoms with E-state index in [2.05, 4.69) is 56.3 Å². The Morgan fingerprint density at radius 1 is 1.00 bits per heavy atom. The topological polar surface area (TPSA) is 85.9 Å². The highest BCUT2D eigenvalue weighted by Gasteiger charge is 2.35. The molecule has 0 unspecified atom stereocenters. The maximum atomic E-state index is 13.7. The van der Waals surface area contributed by atoms with Crippen LogP contribution in [0.3, 0.4) is 0 Å². The van der Waals surface area contributed by atoms with Gasteiger partial charge in [0, 0.05) is 25.7 Å². The second-order valence-corrected chi connectivity index (χ2v) is 17.0. The van der Waals surface area contributed by atoms with Gasteiger partial charge < -0.3 is 10.3 Å². The number of hydrogen-bond acceptors (Lipinski definition) is 5. The van der Waals surface area contributed by atoms with Crippen LogP contribution in [0.5, 0.6) is 0 Å². The van der Waals surface area contributed by atoms with Gasteiger partial charge >= 0.3 is 5.69 Å². The van der Waals surface area contributed by atoms with Gasteiger partial charge in [-0.2, -0.15) is 4.98 Å². The predicted molar refractivity (Wildman–Crippen MR) is 155 cm³/mol. The molecule has 1 fully saturated rings. The molecule has 8 nitrogen and oxygen atoms in total. The Morgan fingerprint density at radius 2 is 1.68 bits per heavy atom. The molecule has 0 atom stereocenters. The highest BCUT2D eigenvalue weighted by atomic mass is 28.3. The van der Waals surface area contributed by atoms with Gasteiger partial charge in [0.2, 0.25) is 5.95 Å². The molecule has 2 aromatic heterocycles. The smallest absolute Gasteiger partial charge is 0.332 e. The number of aromatic nitrogens is 4. The van der Waals surface area contributed by atoms with Crippen molar-refractivity contribution in [2.45, 2.75) is 104 Å². The van der Waals surface area contributed by atoms with Crippen molar-refractivity contribution in [3.8, 4) is 0 Å². The molecule has 1 aliphatic rings. The first-order valence-electron chi connectivity index (χ1n) is 13.8. The van der Waals surface area contributed by atoms with Gasteiger partial charge in [0.15, 0.2) is 11.2 Å². The summed E-state index contributed by atoms with van der Waals surface area (Å²) < 4.78 is 5.04. The minimum absolute atomic E-state index is 0.184. The van der Waals surface area contributed by atoms with Gasteiger partial charge in [0.25, 0.3) is 5.56 Å². The number of benzene rings is 1. The summed E-state index contributed by atoms with van der Waals surface area (Å²) in [7, 11) is -1.73. The standard InChI is InChI=1S/C28H44N6O2Si/c1-7-32-25(35)23-24(33(27(32)36)19-18-29-37(5,6)28(2,3)4)31-26(30-22-16-12-9-13-17-22)34(23)20-21-14-10-8-11-15-21/h8,10-11,14-15,22,29H,7,9,12-13,16-20H2,1-6H3,(H,30,31). The molecule has 1 aliphatic carbocycles. The minimum atomic E-state index is -1.73. The van der Waals surface area contributed by atoms with E-state index in [1.165, 1.54) is 23.8 Å². The summed E-state index contributed by atoms with van der Waals surface area (Å²) in [5, 5.41) is 3.83. The van der Waals surface area contributed by atoms with E-state index in [4.69, 9.17) is 4.98 Å². The monoisotopic (exact) mass is 524 g/mol. The number of nitrogens with zero attached hydrogens (tertiary/aromatic N) is 4. The maximum absolute atomic E-state index is 13.7. The molecule has 0 radical (unpaired) electrons. The lowest BCUT2D eigenvalue weighted by molar-refractivity contribution is 0.459. The maximum Gasteiger partial charge on any atom is 0.332 e. The summed E-state index contributed by atoms with van der Waals surface area (Å²) in [6.07, 6.45) is 5.85. The lowest BCUT2D eigenvalue weighted by Crippen LogP contribution is -2.53. The third kappa shape index (κ3) is 5.77. The molecule has 0 aliphatic heterocycles. The molecule has 0 bridgehead atoms. The average Bonchev–Trinajstić information content (AvgIpc) is 3.19. The number of imidazole rings is 1. The van der Waals surface area contributed by atoms with E-state index < -0.39 is 8.24 Å². The first kappa shape index (κ1) is 27.4. The number of nitrogens with one attached hydrogen (secondary N) is 2. The van der Waals surface area contributed by atoms with Crippen molar-refractivity contribution in [2.24, 2.45) is 0 Å². The van der Waals surface area contributed by atoms with Crippen molar-refractivity contribution in [3.05, 3.63) is 56.7 Å². The molecular formula is C28H44N6O2Si. The second kappa shape index (κ2) is 11.0. The molecule has 0 saturated heterocycles. The average molecular weight is 525 g/mol. The minimum Gasteiger partial charge on any atom is -0.353 e. The summed E-state index contributed by atoms with van der Waals surface area (Å²) in [6.45, 7) is 15.3. The Bertz CT molecular complexity index is 1330. The van der Waals surface area contributed by atoms with Crippen LogP contribution in [0, 0.1) is 0 Å². The van der Waals surface area contributed by atoms with Crippen molar-refractivity contribution < 1.29 is 0 Å². The first-order valence-corrected chi connectivity index (χ1v) is 16.8. The van der Waals surface area contributed by atoms with Crippen LogP contribution in [-0.2, 0) is 19.6 Å². The Labute approximate surface area is 221 Å². The van der Waals surface area contributed by atoms with Gasteiger partial charge in [-0.25, -0.2) is 4.79 Å². The first-order chi connectivity index (χ1) is 17.5. The summed E-state index contributed by atoms with van der Waals surface area (Å²) in [5.41, 5.74) is 1.51. The fraction of sp³-hybridized carbons (Fsp3) is 0.607. The van der Waals surface area contributed by atoms with E-state index in [1.54, 1.807) is 4.57 Å². The van der Waals surface area contributed by atoms with Crippen LogP contribution >= 0.6 is 0 Å². The molecule has 1 aromatic carbocycles. The zero-order chi connectivity index (χ0) is 26.8. The van der Waals surface area contributed by atoms with E-state index in [9.17, 15) is 9.59 Å². The van der Waals surface area contributed by atoms with E-state index in [-0.39, 0.29) is 16.3 Å². The van der Waals surface area contributed by atoms with Crippen LogP contribution in [-0.4, -0.2) is 39.5 Å². The Balaban J connectivity index is 1.81. The molecule has 202 valence electrons. The van der Waals surface area contributed by atoms with Crippen LogP contribution in [0.25, 0.3) is 11.2 Å². The van der Waals surface area contributed by atoms with Crippen LogP contribution in [0.15, 0.2) is 39.9 Å². The predicted octanol–water partition coefficient (Wildman–Crippen LogP) is 4.77. The van der Waals surface area contributed by atoms with Crippen LogP contribution in [0.2, 0.25) is 18.1 Å². The van der Waals surface area contributed by atoms with Crippen LogP contribution in [0.1, 0.15) is 65.4 Å². The molecule has 0 spiro atoms. The lowest BCUT2D eigenvalue weighted by atomic mass is 9.96. The molecule has 4 rings (SSSR count). The van der Waals surface area contributed by atoms with Gasteiger partial charge in [-0.05, 0) is 30.4 Å². The largest absolute Gasteiger partial charge is 0.353 e. The quantitative estimate of drug-likeness (QED) is 0.394. The van der Waals surface area contributed by atoms with Crippen molar-refractivity contribution in [1.82, 2.24) is 23.7 Å². The lowest BCUT2D eigenvalue weighted by Gasteiger charge is -2.37. The summed E-state index contributed by atoms with van der Waals surface area (Å²) >= 11 is 0. The Hall–Kier alpha value is -2.65. The van der Waals surface area contributed by atoms with Crippen molar-refractivity contribution in [1.29, 1.82) is 0 Å². The van der Waals surface area contributed by atoms with Crippen molar-refractivity contribution in [3.63, 3.8) is 0 Å². The Kier molecular flexibility index (Phi) is 8.13. The zero-order valence-corrected chi connectivity index (χ0v) is 24.4. The highest BCUT2D eigenvalue weighted by molar-refractivity contribution is 6.77. The van der Waals surface area contributed by atoms with Gasteiger partial charge in [-0.1, -0.05) is 83.5 Å². The molecule has 3 aromatic rings. The molecule has 9 heteroatoms. The highest BCUT2D eigenvalue weighted by Crippen LogP contribution is 2.33. The number of anilines is 1. The van der Waals surface area contributed by atoms with Gasteiger partial charge in [0.05, 0.1) is 6.54 Å². The SMILES string of the molecule is CCn1c(=O)c2c(nc(NC3CCCCC3)n2Cc2ccccc2)n(CCN[Si](C)(C)C(C)(C)C)c1=O. The third-order valence-corrected chi connectivity index (χ3v) is 13.2. The summed E-state index contributed by atoms with van der Waals surface area (Å²) in [6, 6.07) is 10.5. The van der Waals surface area contributed by atoms with E-state index in [1.807, 2.05) is 29.7 Å². The fourth-order valence-corrected chi connectivity index (χ4v) is 6.24. The van der Waals surface area contributed by atoms with Crippen molar-refractivity contribution in [2.75, 3.05) is 11.9 Å². The molecule has 37 heavy (non-hydrogen) atoms. The Morgan fingerprint density at radius 3 is 2.30 bits per heavy atom. The number of hydrogen-bond donors (Lipinski definition) is 2. The van der Waals surface area contributed by atoms with Gasteiger partial charge in [-0.15, -0.1) is 0 Å². The van der Waals surface area contributed by atoms with E-state index in [0.717, 1.165) is 18.4 Å². The van der Waals surface area contributed by atoms with Crippen LogP contribution in [0.4, 0.5) is 5.95 Å². The zero-order valence-electron chi connectivity index (χ0n) is 23.4. The van der Waals surface area contributed by atoms with Crippen molar-refractivity contribution >= 4 is 25.3 Å². The molecule has 2 heterocycles. The molecule has 2 N–H and O–H groups in total. The van der Waals surface area contributed by atoms with E-state index in [0.29, 0.717) is 49.3 Å². The molecule has 0 amide bonds. The van der Waals surface area contributed by atoms with E-state index >= 15 is 0 Å². The number of rotatable bonds is 9. The summed E-state index contributed by atoms with van der Waals surface area (Å²) in [5.74, 6) is 0.683. The number of fused-ring (bicyclic) bond motifs is 1. The normalized spacial score (nSPS) is 15.4. The fourth-order valence-electron chi connectivity index (χ4n) is 4.98. The third-order valence-electron chi connectivity index (χ3n) is 8.33. The summed E-state index contributed by atoms with van der Waals surface area (Å²) in [4.78, 5) is 35.9.